The molecular weight excluding hydrogens is 438 g/mol. The number of fused-ring (bicyclic) bond motifs is 1. The fourth-order valence-corrected chi connectivity index (χ4v) is 5.99. The summed E-state index contributed by atoms with van der Waals surface area (Å²) in [5, 5.41) is 9.13. The number of nitriles is 1. The molecule has 1 unspecified atom stereocenters. The number of hydrogen-bond donors (Lipinski definition) is 0. The van der Waals surface area contributed by atoms with E-state index in [4.69, 9.17) is 10.2 Å². The first-order chi connectivity index (χ1) is 15.5. The Morgan fingerprint density at radius 1 is 1.21 bits per heavy atom. The highest BCUT2D eigenvalue weighted by molar-refractivity contribution is 7.89. The maximum atomic E-state index is 13.2. The van der Waals surface area contributed by atoms with Crippen molar-refractivity contribution in [3.05, 3.63) is 58.1 Å². The lowest BCUT2D eigenvalue weighted by atomic mass is 9.95. The Kier molecular flexibility index (Phi) is 5.93. The molecule has 0 aliphatic carbocycles. The standard InChI is InChI=1S/C24H29N5O3S/c1-24(2,3)16-29-21-11-10-20(26-22(21)27(4)23(29)30)18-8-6-12-28(15-18)33(31,32)19-9-5-7-17(13-19)14-25/h5,7,9-11,13,18H,6,8,12,15-16H2,1-4H3. The summed E-state index contributed by atoms with van der Waals surface area (Å²) in [7, 11) is -1.99. The van der Waals surface area contributed by atoms with Crippen LogP contribution in [0.5, 0.6) is 0 Å². The number of aryl methyl sites for hydroxylation is 1. The van der Waals surface area contributed by atoms with E-state index in [1.54, 1.807) is 28.3 Å². The van der Waals surface area contributed by atoms with Gasteiger partial charge >= 0.3 is 5.69 Å². The molecule has 0 radical (unpaired) electrons. The van der Waals surface area contributed by atoms with Gasteiger partial charge in [-0.3, -0.25) is 9.13 Å². The molecule has 9 heteroatoms. The minimum Gasteiger partial charge on any atom is -0.290 e. The molecule has 3 heterocycles. The van der Waals surface area contributed by atoms with Crippen molar-refractivity contribution in [2.45, 2.75) is 51.0 Å². The Morgan fingerprint density at radius 3 is 2.67 bits per heavy atom. The number of pyridine rings is 1. The molecule has 8 nitrogen and oxygen atoms in total. The van der Waals surface area contributed by atoms with Gasteiger partial charge in [-0.25, -0.2) is 18.2 Å². The first kappa shape index (κ1) is 23.2. The highest BCUT2D eigenvalue weighted by Gasteiger charge is 2.32. The van der Waals surface area contributed by atoms with Crippen LogP contribution in [0, 0.1) is 16.7 Å². The van der Waals surface area contributed by atoms with Crippen molar-refractivity contribution in [2.24, 2.45) is 12.5 Å². The first-order valence-electron chi connectivity index (χ1n) is 11.1. The third-order valence-electron chi connectivity index (χ3n) is 6.04. The molecule has 0 bridgehead atoms. The SMILES string of the molecule is Cn1c(=O)n(CC(C)(C)C)c2ccc(C3CCCN(S(=O)(=O)c4cccc(C#N)c4)C3)nc21. The van der Waals surface area contributed by atoms with Crippen molar-refractivity contribution in [3.8, 4) is 6.07 Å². The highest BCUT2D eigenvalue weighted by Crippen LogP contribution is 2.31. The summed E-state index contributed by atoms with van der Waals surface area (Å²) < 4.78 is 31.3. The van der Waals surface area contributed by atoms with Gasteiger partial charge in [0.2, 0.25) is 10.0 Å². The van der Waals surface area contributed by atoms with Crippen LogP contribution in [0.3, 0.4) is 0 Å². The number of rotatable bonds is 4. The number of sulfonamides is 1. The molecule has 1 fully saturated rings. The Labute approximate surface area is 194 Å². The molecule has 33 heavy (non-hydrogen) atoms. The monoisotopic (exact) mass is 467 g/mol. The Hall–Kier alpha value is -2.96. The zero-order valence-corrected chi connectivity index (χ0v) is 20.3. The highest BCUT2D eigenvalue weighted by atomic mass is 32.2. The van der Waals surface area contributed by atoms with E-state index in [1.165, 1.54) is 16.4 Å². The van der Waals surface area contributed by atoms with E-state index < -0.39 is 10.0 Å². The van der Waals surface area contributed by atoms with Crippen molar-refractivity contribution in [1.82, 2.24) is 18.4 Å². The Balaban J connectivity index is 1.66. The van der Waals surface area contributed by atoms with Crippen LogP contribution in [0.2, 0.25) is 0 Å². The van der Waals surface area contributed by atoms with Crippen molar-refractivity contribution < 1.29 is 8.42 Å². The molecule has 1 aliphatic rings. The number of benzene rings is 1. The van der Waals surface area contributed by atoms with Gasteiger partial charge < -0.3 is 0 Å². The quantitative estimate of drug-likeness (QED) is 0.586. The van der Waals surface area contributed by atoms with Gasteiger partial charge in [-0.15, -0.1) is 0 Å². The second-order valence-electron chi connectivity index (χ2n) is 9.91. The van der Waals surface area contributed by atoms with Crippen molar-refractivity contribution in [3.63, 3.8) is 0 Å². The van der Waals surface area contributed by atoms with E-state index in [9.17, 15) is 13.2 Å². The van der Waals surface area contributed by atoms with Gasteiger partial charge in [-0.05, 0) is 48.6 Å². The minimum absolute atomic E-state index is 0.0577. The maximum Gasteiger partial charge on any atom is 0.330 e. The van der Waals surface area contributed by atoms with E-state index in [0.717, 1.165) is 17.6 Å². The molecule has 0 N–H and O–H groups in total. The predicted molar refractivity (Wildman–Crippen MR) is 126 cm³/mol. The molecule has 1 aliphatic heterocycles. The number of nitrogens with zero attached hydrogens (tertiary/aromatic N) is 5. The van der Waals surface area contributed by atoms with Crippen molar-refractivity contribution >= 4 is 21.2 Å². The average Bonchev–Trinajstić information content (AvgIpc) is 3.02. The van der Waals surface area contributed by atoms with E-state index in [2.05, 4.69) is 20.8 Å². The summed E-state index contributed by atoms with van der Waals surface area (Å²) in [4.78, 5) is 17.8. The molecule has 0 saturated carbocycles. The molecular formula is C24H29N5O3S. The maximum absolute atomic E-state index is 13.2. The van der Waals surface area contributed by atoms with Crippen molar-refractivity contribution in [2.75, 3.05) is 13.1 Å². The minimum atomic E-state index is -3.71. The molecule has 1 atom stereocenters. The Morgan fingerprint density at radius 2 is 1.97 bits per heavy atom. The molecule has 0 spiro atoms. The third-order valence-corrected chi connectivity index (χ3v) is 7.90. The number of aromatic nitrogens is 3. The lowest BCUT2D eigenvalue weighted by Gasteiger charge is -2.31. The number of piperidine rings is 1. The normalized spacial score (nSPS) is 17.8. The average molecular weight is 468 g/mol. The molecule has 3 aromatic rings. The Bertz CT molecular complexity index is 1410. The summed E-state index contributed by atoms with van der Waals surface area (Å²) >= 11 is 0. The zero-order chi connectivity index (χ0) is 24.0. The van der Waals surface area contributed by atoms with E-state index in [0.29, 0.717) is 37.3 Å². The fourth-order valence-electron chi connectivity index (χ4n) is 4.42. The van der Waals surface area contributed by atoms with Gasteiger partial charge in [0.1, 0.15) is 0 Å². The van der Waals surface area contributed by atoms with Gasteiger partial charge in [0.15, 0.2) is 5.65 Å². The predicted octanol–water partition coefficient (Wildman–Crippen LogP) is 3.22. The summed E-state index contributed by atoms with van der Waals surface area (Å²) in [6, 6.07) is 12.0. The fraction of sp³-hybridized carbons (Fsp3) is 0.458. The van der Waals surface area contributed by atoms with E-state index in [1.807, 2.05) is 18.2 Å². The zero-order valence-electron chi connectivity index (χ0n) is 19.4. The molecule has 0 amide bonds. The second-order valence-corrected chi connectivity index (χ2v) is 11.8. The van der Waals surface area contributed by atoms with E-state index >= 15 is 0 Å². The van der Waals surface area contributed by atoms with Crippen LogP contribution in [0.15, 0.2) is 46.1 Å². The van der Waals surface area contributed by atoms with Crippen LogP contribution in [0.4, 0.5) is 0 Å². The summed E-state index contributed by atoms with van der Waals surface area (Å²) in [5.74, 6) is -0.0712. The number of imidazole rings is 1. The molecule has 1 aromatic carbocycles. The van der Waals surface area contributed by atoms with Gasteiger partial charge in [0, 0.05) is 38.3 Å². The summed E-state index contributed by atoms with van der Waals surface area (Å²) in [6.45, 7) is 7.59. The smallest absolute Gasteiger partial charge is 0.290 e. The third kappa shape index (κ3) is 4.45. The summed E-state index contributed by atoms with van der Waals surface area (Å²) in [5.41, 5.74) is 2.35. The van der Waals surface area contributed by atoms with Gasteiger partial charge in [-0.2, -0.15) is 9.57 Å². The molecule has 2 aromatic heterocycles. The van der Waals surface area contributed by atoms with Crippen LogP contribution in [-0.2, 0) is 23.6 Å². The van der Waals surface area contributed by atoms with Crippen molar-refractivity contribution in [1.29, 1.82) is 5.26 Å². The van der Waals surface area contributed by atoms with Crippen LogP contribution in [0.25, 0.3) is 11.2 Å². The van der Waals surface area contributed by atoms with Gasteiger partial charge in [-0.1, -0.05) is 26.8 Å². The second kappa shape index (κ2) is 8.43. The molecule has 4 rings (SSSR count). The van der Waals surface area contributed by atoms with Crippen LogP contribution >= 0.6 is 0 Å². The molecule has 1 saturated heterocycles. The van der Waals surface area contributed by atoms with Gasteiger partial charge in [0.25, 0.3) is 0 Å². The van der Waals surface area contributed by atoms with Gasteiger partial charge in [0.05, 0.1) is 22.0 Å². The van der Waals surface area contributed by atoms with E-state index in [-0.39, 0.29) is 21.9 Å². The summed E-state index contributed by atoms with van der Waals surface area (Å²) in [6.07, 6.45) is 1.53. The lowest BCUT2D eigenvalue weighted by molar-refractivity contribution is 0.313. The number of hydrogen-bond acceptors (Lipinski definition) is 5. The molecule has 174 valence electrons. The van der Waals surface area contributed by atoms with Crippen LogP contribution in [-0.4, -0.2) is 39.9 Å². The lowest BCUT2D eigenvalue weighted by Crippen LogP contribution is -2.39. The van der Waals surface area contributed by atoms with Crippen LogP contribution < -0.4 is 5.69 Å². The largest absolute Gasteiger partial charge is 0.330 e. The van der Waals surface area contributed by atoms with Crippen LogP contribution in [0.1, 0.15) is 50.8 Å². The topological polar surface area (TPSA) is 101 Å². The first-order valence-corrected chi connectivity index (χ1v) is 12.5.